The highest BCUT2D eigenvalue weighted by atomic mass is 19.1. The van der Waals surface area contributed by atoms with Crippen molar-refractivity contribution in [3.8, 4) is 0 Å². The van der Waals surface area contributed by atoms with Crippen LogP contribution in [0.2, 0.25) is 0 Å². The van der Waals surface area contributed by atoms with E-state index in [0.29, 0.717) is 0 Å². The molecule has 0 atom stereocenters. The molecule has 1 rings (SSSR count). The molecule has 0 aliphatic rings. The lowest BCUT2D eigenvalue weighted by Gasteiger charge is -2.22. The summed E-state index contributed by atoms with van der Waals surface area (Å²) >= 11 is 0. The highest BCUT2D eigenvalue weighted by molar-refractivity contribution is 5.47. The SMILES string of the molecule is CC(C)(C)Nc1c(F)cccc1F. The van der Waals surface area contributed by atoms with E-state index in [1.807, 2.05) is 20.8 Å². The fourth-order valence-electron chi connectivity index (χ4n) is 0.992. The average molecular weight is 185 g/mol. The molecule has 72 valence electrons. The molecule has 0 heterocycles. The van der Waals surface area contributed by atoms with Crippen molar-refractivity contribution in [2.24, 2.45) is 0 Å². The largest absolute Gasteiger partial charge is 0.376 e. The standard InChI is InChI=1S/C10H13F2N/c1-10(2,3)13-9-7(11)5-4-6-8(9)12/h4-6,13H,1-3H3. The molecule has 0 saturated carbocycles. The molecule has 0 bridgehead atoms. The minimum Gasteiger partial charge on any atom is -0.376 e. The molecule has 1 aromatic carbocycles. The topological polar surface area (TPSA) is 12.0 Å². The van der Waals surface area contributed by atoms with Gasteiger partial charge in [0, 0.05) is 5.54 Å². The minimum absolute atomic E-state index is 0.0602. The number of hydrogen-bond donors (Lipinski definition) is 1. The van der Waals surface area contributed by atoms with E-state index in [-0.39, 0.29) is 11.2 Å². The maximum atomic E-state index is 13.1. The van der Waals surface area contributed by atoms with Crippen LogP contribution in [0, 0.1) is 11.6 Å². The Morgan fingerprint density at radius 3 is 1.92 bits per heavy atom. The lowest BCUT2D eigenvalue weighted by atomic mass is 10.1. The number of anilines is 1. The van der Waals surface area contributed by atoms with Gasteiger partial charge in [0.2, 0.25) is 0 Å². The summed E-state index contributed by atoms with van der Waals surface area (Å²) in [6, 6.07) is 3.81. The lowest BCUT2D eigenvalue weighted by molar-refractivity contribution is 0.562. The van der Waals surface area contributed by atoms with E-state index in [2.05, 4.69) is 5.32 Å². The zero-order valence-corrected chi connectivity index (χ0v) is 7.99. The minimum atomic E-state index is -0.560. The second kappa shape index (κ2) is 3.32. The van der Waals surface area contributed by atoms with E-state index in [1.165, 1.54) is 18.2 Å². The van der Waals surface area contributed by atoms with Crippen LogP contribution in [0.3, 0.4) is 0 Å². The maximum absolute atomic E-state index is 13.1. The molecule has 1 nitrogen and oxygen atoms in total. The molecule has 0 aromatic heterocycles. The summed E-state index contributed by atoms with van der Waals surface area (Å²) in [5.41, 5.74) is -0.404. The molecular formula is C10H13F2N. The van der Waals surface area contributed by atoms with Crippen molar-refractivity contribution in [3.63, 3.8) is 0 Å². The predicted octanol–water partition coefficient (Wildman–Crippen LogP) is 3.18. The molecule has 1 N–H and O–H groups in total. The van der Waals surface area contributed by atoms with E-state index in [0.717, 1.165) is 0 Å². The molecule has 1 aromatic rings. The molecule has 0 radical (unpaired) electrons. The van der Waals surface area contributed by atoms with Crippen molar-refractivity contribution in [2.45, 2.75) is 26.3 Å². The molecule has 0 amide bonds. The van der Waals surface area contributed by atoms with Gasteiger partial charge in [0.1, 0.15) is 17.3 Å². The molecule has 0 aliphatic heterocycles. The fraction of sp³-hybridized carbons (Fsp3) is 0.400. The van der Waals surface area contributed by atoms with Gasteiger partial charge in [-0.25, -0.2) is 8.78 Å². The highest BCUT2D eigenvalue weighted by Crippen LogP contribution is 2.21. The maximum Gasteiger partial charge on any atom is 0.149 e. The van der Waals surface area contributed by atoms with Gasteiger partial charge in [0.05, 0.1) is 0 Å². The summed E-state index contributed by atoms with van der Waals surface area (Å²) in [5.74, 6) is -1.12. The van der Waals surface area contributed by atoms with Crippen LogP contribution >= 0.6 is 0 Å². The van der Waals surface area contributed by atoms with Crippen LogP contribution in [0.5, 0.6) is 0 Å². The Labute approximate surface area is 76.8 Å². The third-order valence-electron chi connectivity index (χ3n) is 1.46. The Balaban J connectivity index is 3.00. The number of para-hydroxylation sites is 1. The van der Waals surface area contributed by atoms with Gasteiger partial charge in [-0.15, -0.1) is 0 Å². The van der Waals surface area contributed by atoms with Gasteiger partial charge in [-0.3, -0.25) is 0 Å². The van der Waals surface area contributed by atoms with Crippen LogP contribution in [0.4, 0.5) is 14.5 Å². The van der Waals surface area contributed by atoms with E-state index in [1.54, 1.807) is 0 Å². The van der Waals surface area contributed by atoms with Gasteiger partial charge in [-0.1, -0.05) is 6.07 Å². The van der Waals surface area contributed by atoms with Crippen molar-refractivity contribution in [1.82, 2.24) is 0 Å². The van der Waals surface area contributed by atoms with Crippen LogP contribution in [-0.4, -0.2) is 5.54 Å². The van der Waals surface area contributed by atoms with Crippen LogP contribution in [0.15, 0.2) is 18.2 Å². The zero-order chi connectivity index (χ0) is 10.1. The molecule has 0 aliphatic carbocycles. The summed E-state index contributed by atoms with van der Waals surface area (Å²) in [6.45, 7) is 5.54. The normalized spacial score (nSPS) is 11.5. The Hall–Kier alpha value is -1.12. The van der Waals surface area contributed by atoms with Crippen molar-refractivity contribution < 1.29 is 8.78 Å². The zero-order valence-electron chi connectivity index (χ0n) is 7.99. The summed E-state index contributed by atoms with van der Waals surface area (Å²) in [4.78, 5) is 0. The smallest absolute Gasteiger partial charge is 0.149 e. The van der Waals surface area contributed by atoms with Crippen LogP contribution < -0.4 is 5.32 Å². The lowest BCUT2D eigenvalue weighted by Crippen LogP contribution is -2.27. The van der Waals surface area contributed by atoms with Gasteiger partial charge in [0.25, 0.3) is 0 Å². The van der Waals surface area contributed by atoms with Crippen molar-refractivity contribution in [3.05, 3.63) is 29.8 Å². The first kappa shape index (κ1) is 9.96. The van der Waals surface area contributed by atoms with Gasteiger partial charge < -0.3 is 5.32 Å². The number of hydrogen-bond acceptors (Lipinski definition) is 1. The van der Waals surface area contributed by atoms with Crippen molar-refractivity contribution >= 4 is 5.69 Å². The second-order valence-electron chi connectivity index (χ2n) is 3.97. The summed E-state index contributed by atoms with van der Waals surface area (Å²) in [7, 11) is 0. The summed E-state index contributed by atoms with van der Waals surface area (Å²) in [5, 5.41) is 2.77. The Bertz CT molecular complexity index is 282. The number of halogens is 2. The third kappa shape index (κ3) is 2.68. The summed E-state index contributed by atoms with van der Waals surface area (Å²) < 4.78 is 26.2. The molecule has 3 heteroatoms. The van der Waals surface area contributed by atoms with Gasteiger partial charge in [0.15, 0.2) is 0 Å². The number of rotatable bonds is 1. The number of nitrogens with one attached hydrogen (secondary N) is 1. The average Bonchev–Trinajstić information content (AvgIpc) is 1.95. The Morgan fingerprint density at radius 2 is 1.54 bits per heavy atom. The van der Waals surface area contributed by atoms with E-state index >= 15 is 0 Å². The second-order valence-corrected chi connectivity index (χ2v) is 3.97. The molecule has 0 fully saturated rings. The predicted molar refractivity (Wildman–Crippen MR) is 49.7 cm³/mol. The number of benzene rings is 1. The van der Waals surface area contributed by atoms with E-state index in [4.69, 9.17) is 0 Å². The molecule has 0 spiro atoms. The third-order valence-corrected chi connectivity index (χ3v) is 1.46. The fourth-order valence-corrected chi connectivity index (χ4v) is 0.992. The van der Waals surface area contributed by atoms with Crippen molar-refractivity contribution in [1.29, 1.82) is 0 Å². The molecule has 0 unspecified atom stereocenters. The Kier molecular flexibility index (Phi) is 2.55. The first-order chi connectivity index (χ1) is 5.90. The first-order valence-electron chi connectivity index (χ1n) is 4.12. The van der Waals surface area contributed by atoms with E-state index in [9.17, 15) is 8.78 Å². The molecular weight excluding hydrogens is 172 g/mol. The Morgan fingerprint density at radius 1 is 1.08 bits per heavy atom. The van der Waals surface area contributed by atoms with Gasteiger partial charge in [-0.2, -0.15) is 0 Å². The van der Waals surface area contributed by atoms with Gasteiger partial charge >= 0.3 is 0 Å². The first-order valence-corrected chi connectivity index (χ1v) is 4.12. The van der Waals surface area contributed by atoms with Crippen molar-refractivity contribution in [2.75, 3.05) is 5.32 Å². The molecule has 0 saturated heterocycles. The molecule has 13 heavy (non-hydrogen) atoms. The van der Waals surface area contributed by atoms with E-state index < -0.39 is 11.6 Å². The van der Waals surface area contributed by atoms with Crippen LogP contribution in [0.1, 0.15) is 20.8 Å². The summed E-state index contributed by atoms with van der Waals surface area (Å²) in [6.07, 6.45) is 0. The van der Waals surface area contributed by atoms with Crippen LogP contribution in [0.25, 0.3) is 0 Å². The monoisotopic (exact) mass is 185 g/mol. The van der Waals surface area contributed by atoms with Crippen LogP contribution in [-0.2, 0) is 0 Å². The van der Waals surface area contributed by atoms with Gasteiger partial charge in [-0.05, 0) is 32.9 Å². The quantitative estimate of drug-likeness (QED) is 0.708. The highest BCUT2D eigenvalue weighted by Gasteiger charge is 2.15.